The lowest BCUT2D eigenvalue weighted by molar-refractivity contribution is -0.384. The summed E-state index contributed by atoms with van der Waals surface area (Å²) in [4.78, 5) is 11.8. The van der Waals surface area contributed by atoms with Gasteiger partial charge in [0, 0.05) is 21.3 Å². The summed E-state index contributed by atoms with van der Waals surface area (Å²) in [6.07, 6.45) is 0. The molecule has 2 rings (SSSR count). The van der Waals surface area contributed by atoms with Crippen molar-refractivity contribution in [3.63, 3.8) is 0 Å². The predicted molar refractivity (Wildman–Crippen MR) is 78.6 cm³/mol. The molecule has 0 aromatic carbocycles. The van der Waals surface area contributed by atoms with E-state index in [2.05, 4.69) is 26.3 Å². The molecule has 0 fully saturated rings. The largest absolute Gasteiger partial charge is 0.360 e. The molecule has 0 aliphatic carbocycles. The monoisotopic (exact) mass is 344 g/mol. The van der Waals surface area contributed by atoms with E-state index in [9.17, 15) is 10.1 Å². The van der Waals surface area contributed by atoms with Crippen molar-refractivity contribution in [3.8, 4) is 0 Å². The van der Waals surface area contributed by atoms with Crippen LogP contribution in [0.4, 0.5) is 11.5 Å². The van der Waals surface area contributed by atoms with Crippen LogP contribution in [0.3, 0.4) is 0 Å². The molecule has 8 heteroatoms. The van der Waals surface area contributed by atoms with E-state index in [-0.39, 0.29) is 10.6 Å². The first-order valence-electron chi connectivity index (χ1n) is 5.71. The van der Waals surface area contributed by atoms with Gasteiger partial charge >= 0.3 is 5.69 Å². The highest BCUT2D eigenvalue weighted by Gasteiger charge is 2.24. The first-order chi connectivity index (χ1) is 9.02. The van der Waals surface area contributed by atoms with Gasteiger partial charge in [-0.3, -0.25) is 10.1 Å². The van der Waals surface area contributed by atoms with Gasteiger partial charge in [0.2, 0.25) is 5.82 Å². The summed E-state index contributed by atoms with van der Waals surface area (Å²) in [5.41, 5.74) is 0.485. The highest BCUT2D eigenvalue weighted by atomic mass is 79.9. The highest BCUT2D eigenvalue weighted by molar-refractivity contribution is 9.10. The number of aromatic nitrogens is 2. The number of thiophene rings is 1. The van der Waals surface area contributed by atoms with Gasteiger partial charge < -0.3 is 5.32 Å². The minimum absolute atomic E-state index is 0.0532. The van der Waals surface area contributed by atoms with E-state index < -0.39 is 0 Å². The van der Waals surface area contributed by atoms with Crippen LogP contribution in [0, 0.1) is 17.0 Å². The zero-order valence-electron chi connectivity index (χ0n) is 10.5. The van der Waals surface area contributed by atoms with Crippen LogP contribution in [-0.2, 0) is 13.1 Å². The van der Waals surface area contributed by atoms with Crippen LogP contribution in [0.5, 0.6) is 0 Å². The van der Waals surface area contributed by atoms with Gasteiger partial charge in [-0.1, -0.05) is 0 Å². The number of hydrogen-bond donors (Lipinski definition) is 1. The summed E-state index contributed by atoms with van der Waals surface area (Å²) in [6.45, 7) is 4.69. The molecule has 102 valence electrons. The minimum Gasteiger partial charge on any atom is -0.360 e. The Labute approximate surface area is 122 Å². The molecular weight excluding hydrogens is 332 g/mol. The lowest BCUT2D eigenvalue weighted by atomic mass is 10.3. The number of hydrogen-bond acceptors (Lipinski definition) is 5. The molecule has 0 amide bonds. The Hall–Kier alpha value is -1.41. The maximum Gasteiger partial charge on any atom is 0.333 e. The lowest BCUT2D eigenvalue weighted by Gasteiger charge is -2.06. The number of nitro groups is 1. The maximum atomic E-state index is 11.1. The van der Waals surface area contributed by atoms with Gasteiger partial charge in [-0.15, -0.1) is 11.3 Å². The zero-order valence-corrected chi connectivity index (χ0v) is 12.9. The van der Waals surface area contributed by atoms with Crippen LogP contribution in [0.2, 0.25) is 0 Å². The Balaban J connectivity index is 2.25. The zero-order chi connectivity index (χ0) is 14.0. The normalized spacial score (nSPS) is 10.7. The van der Waals surface area contributed by atoms with E-state index >= 15 is 0 Å². The van der Waals surface area contributed by atoms with Crippen LogP contribution in [-0.4, -0.2) is 14.7 Å². The SMILES string of the molecule is CCn1nc(C)c([N+](=O)[O-])c1NCc1cc(Br)cs1. The molecule has 1 N–H and O–H groups in total. The number of anilines is 1. The summed E-state index contributed by atoms with van der Waals surface area (Å²) in [5, 5.41) is 20.4. The Morgan fingerprint density at radius 2 is 2.37 bits per heavy atom. The Morgan fingerprint density at radius 3 is 2.89 bits per heavy atom. The molecule has 0 spiro atoms. The molecule has 0 aliphatic heterocycles. The van der Waals surface area contributed by atoms with Gasteiger partial charge in [-0.05, 0) is 35.8 Å². The third-order valence-corrected chi connectivity index (χ3v) is 4.33. The van der Waals surface area contributed by atoms with E-state index in [1.807, 2.05) is 18.4 Å². The fourth-order valence-corrected chi connectivity index (χ4v) is 3.20. The summed E-state index contributed by atoms with van der Waals surface area (Å²) in [7, 11) is 0. The van der Waals surface area contributed by atoms with Crippen LogP contribution in [0.25, 0.3) is 0 Å². The summed E-state index contributed by atoms with van der Waals surface area (Å²) in [5.74, 6) is 0.467. The standard InChI is InChI=1S/C11H13BrN4O2S/c1-3-15-11(10(16(17)18)7(2)14-15)13-5-9-4-8(12)6-19-9/h4,6,13H,3,5H2,1-2H3. The van der Waals surface area contributed by atoms with Crippen molar-refractivity contribution < 1.29 is 4.92 Å². The van der Waals surface area contributed by atoms with Crippen LogP contribution < -0.4 is 5.32 Å². The van der Waals surface area contributed by atoms with Gasteiger partial charge in [-0.2, -0.15) is 5.10 Å². The fourth-order valence-electron chi connectivity index (χ4n) is 1.81. The van der Waals surface area contributed by atoms with E-state index in [1.54, 1.807) is 22.9 Å². The molecule has 0 saturated heterocycles. The molecule has 2 aromatic rings. The van der Waals surface area contributed by atoms with E-state index in [0.717, 1.165) is 9.35 Å². The van der Waals surface area contributed by atoms with Crippen molar-refractivity contribution in [1.82, 2.24) is 9.78 Å². The Bertz CT molecular complexity index is 608. The average molecular weight is 345 g/mol. The first kappa shape index (κ1) is 14.0. The second-order valence-corrected chi connectivity index (χ2v) is 5.85. The van der Waals surface area contributed by atoms with Gasteiger partial charge in [0.05, 0.1) is 11.5 Å². The molecule has 2 heterocycles. The molecule has 19 heavy (non-hydrogen) atoms. The molecule has 0 saturated carbocycles. The Morgan fingerprint density at radius 1 is 1.63 bits per heavy atom. The van der Waals surface area contributed by atoms with Crippen molar-refractivity contribution in [2.75, 3.05) is 5.32 Å². The molecular formula is C11H13BrN4O2S. The molecule has 0 aliphatic rings. The number of rotatable bonds is 5. The lowest BCUT2D eigenvalue weighted by Crippen LogP contribution is -2.07. The predicted octanol–water partition coefficient (Wildman–Crippen LogP) is 3.56. The maximum absolute atomic E-state index is 11.1. The van der Waals surface area contributed by atoms with Crippen molar-refractivity contribution in [3.05, 3.63) is 36.6 Å². The van der Waals surface area contributed by atoms with Crippen molar-refractivity contribution in [2.45, 2.75) is 26.9 Å². The quantitative estimate of drug-likeness (QED) is 0.664. The van der Waals surface area contributed by atoms with Gasteiger partial charge in [0.25, 0.3) is 0 Å². The van der Waals surface area contributed by atoms with Gasteiger partial charge in [0.1, 0.15) is 5.69 Å². The van der Waals surface area contributed by atoms with Crippen molar-refractivity contribution in [2.24, 2.45) is 0 Å². The highest BCUT2D eigenvalue weighted by Crippen LogP contribution is 2.29. The second kappa shape index (κ2) is 5.70. The summed E-state index contributed by atoms with van der Waals surface area (Å²) >= 11 is 4.98. The second-order valence-electron chi connectivity index (χ2n) is 3.94. The number of nitrogens with zero attached hydrogens (tertiary/aromatic N) is 3. The summed E-state index contributed by atoms with van der Waals surface area (Å²) in [6, 6.07) is 1.99. The number of aryl methyl sites for hydroxylation is 2. The molecule has 0 bridgehead atoms. The third-order valence-electron chi connectivity index (χ3n) is 2.63. The molecule has 0 atom stereocenters. The average Bonchev–Trinajstić information content (AvgIpc) is 2.89. The molecule has 0 radical (unpaired) electrons. The molecule has 6 nitrogen and oxygen atoms in total. The molecule has 0 unspecified atom stereocenters. The van der Waals surface area contributed by atoms with E-state index in [0.29, 0.717) is 24.6 Å². The van der Waals surface area contributed by atoms with Crippen molar-refractivity contribution >= 4 is 38.8 Å². The van der Waals surface area contributed by atoms with Crippen LogP contribution in [0.1, 0.15) is 17.5 Å². The van der Waals surface area contributed by atoms with Crippen molar-refractivity contribution in [1.29, 1.82) is 0 Å². The van der Waals surface area contributed by atoms with Gasteiger partial charge in [-0.25, -0.2) is 4.68 Å². The molecule has 2 aromatic heterocycles. The minimum atomic E-state index is -0.388. The topological polar surface area (TPSA) is 73.0 Å². The van der Waals surface area contributed by atoms with E-state index in [1.165, 1.54) is 0 Å². The smallest absolute Gasteiger partial charge is 0.333 e. The number of nitrogens with one attached hydrogen (secondary N) is 1. The van der Waals surface area contributed by atoms with Gasteiger partial charge in [0.15, 0.2) is 0 Å². The first-order valence-corrected chi connectivity index (χ1v) is 7.38. The van der Waals surface area contributed by atoms with Crippen LogP contribution in [0.15, 0.2) is 15.9 Å². The third kappa shape index (κ3) is 2.95. The Kier molecular flexibility index (Phi) is 4.20. The summed E-state index contributed by atoms with van der Waals surface area (Å²) < 4.78 is 2.64. The fraction of sp³-hybridized carbons (Fsp3) is 0.364. The number of halogens is 1. The van der Waals surface area contributed by atoms with Crippen LogP contribution >= 0.6 is 27.3 Å². The van der Waals surface area contributed by atoms with E-state index in [4.69, 9.17) is 0 Å².